The van der Waals surface area contributed by atoms with Crippen LogP contribution in [-0.2, 0) is 4.79 Å². The molecule has 2 N–H and O–H groups in total. The van der Waals surface area contributed by atoms with Crippen molar-refractivity contribution in [3.8, 4) is 5.75 Å². The minimum Gasteiger partial charge on any atom is -0.406 e. The van der Waals surface area contributed by atoms with Gasteiger partial charge in [0.15, 0.2) is 0 Å². The second-order valence-corrected chi connectivity index (χ2v) is 3.93. The van der Waals surface area contributed by atoms with Crippen molar-refractivity contribution in [1.82, 2.24) is 4.98 Å². The summed E-state index contributed by atoms with van der Waals surface area (Å²) in [5.74, 6) is -0.227. The van der Waals surface area contributed by atoms with E-state index in [-0.39, 0.29) is 12.2 Å². The zero-order valence-corrected chi connectivity index (χ0v) is 10.9. The Kier molecular flexibility index (Phi) is 4.90. The van der Waals surface area contributed by atoms with Crippen molar-refractivity contribution in [2.45, 2.75) is 20.2 Å². The van der Waals surface area contributed by atoms with Gasteiger partial charge in [-0.05, 0) is 43.7 Å². The topological polar surface area (TPSA) is 65.2 Å². The largest absolute Gasteiger partial charge is 0.573 e. The summed E-state index contributed by atoms with van der Waals surface area (Å²) in [5.41, 5.74) is 6.62. The third-order valence-corrected chi connectivity index (χ3v) is 2.46. The van der Waals surface area contributed by atoms with Crippen molar-refractivity contribution in [1.29, 1.82) is 0 Å². The Labute approximate surface area is 113 Å². The van der Waals surface area contributed by atoms with Gasteiger partial charge in [-0.15, -0.1) is 13.2 Å². The van der Waals surface area contributed by atoms with E-state index in [1.54, 1.807) is 6.07 Å². The molecule has 0 aliphatic rings. The maximum absolute atomic E-state index is 12.0. The van der Waals surface area contributed by atoms with Crippen LogP contribution in [0.4, 0.5) is 13.2 Å². The molecule has 0 unspecified atom stereocenters. The molecule has 1 heterocycles. The van der Waals surface area contributed by atoms with Gasteiger partial charge in [0.1, 0.15) is 5.75 Å². The Bertz CT molecular complexity index is 612. The molecule has 0 fully saturated rings. The molecule has 2 rings (SSSR count). The number of halogens is 3. The number of nitrogens with two attached hydrogens (primary N) is 1. The standard InChI is InChI=1S/C12H10F3NO.CH3NO/c1-7-5-9-6-10(17-12(13,14)15)3-4-11(9)16-8(7)2;2-1-3/h3-6H,1-2H3;1H,(H2,2,3). The zero-order valence-electron chi connectivity index (χ0n) is 10.9. The van der Waals surface area contributed by atoms with Crippen LogP contribution in [0.25, 0.3) is 10.9 Å². The summed E-state index contributed by atoms with van der Waals surface area (Å²) in [4.78, 5) is 12.9. The first-order valence-corrected chi connectivity index (χ1v) is 5.56. The van der Waals surface area contributed by atoms with Crippen LogP contribution in [0, 0.1) is 13.8 Å². The molecular formula is C13H13F3N2O2. The van der Waals surface area contributed by atoms with Gasteiger partial charge in [-0.1, -0.05) is 0 Å². The quantitative estimate of drug-likeness (QED) is 0.820. The zero-order chi connectivity index (χ0) is 15.3. The Morgan fingerprint density at radius 2 is 1.85 bits per heavy atom. The van der Waals surface area contributed by atoms with Crippen LogP contribution in [0.1, 0.15) is 11.3 Å². The number of aromatic nitrogens is 1. The number of alkyl halides is 3. The summed E-state index contributed by atoms with van der Waals surface area (Å²) < 4.78 is 40.0. The lowest BCUT2D eigenvalue weighted by Gasteiger charge is -2.10. The third kappa shape index (κ3) is 4.42. The second kappa shape index (κ2) is 6.23. The maximum Gasteiger partial charge on any atom is 0.573 e. The number of carbonyl (C=O) groups is 1. The van der Waals surface area contributed by atoms with Crippen LogP contribution < -0.4 is 10.5 Å². The summed E-state index contributed by atoms with van der Waals surface area (Å²) in [7, 11) is 0. The minimum atomic E-state index is -4.67. The van der Waals surface area contributed by atoms with Crippen molar-refractivity contribution in [3.05, 3.63) is 35.5 Å². The van der Waals surface area contributed by atoms with E-state index >= 15 is 0 Å². The van der Waals surface area contributed by atoms with Gasteiger partial charge >= 0.3 is 6.36 Å². The summed E-state index contributed by atoms with van der Waals surface area (Å²) in [5, 5.41) is 0.634. The fraction of sp³-hybridized carbons (Fsp3) is 0.231. The normalized spacial score (nSPS) is 10.7. The van der Waals surface area contributed by atoms with Gasteiger partial charge in [-0.25, -0.2) is 0 Å². The van der Waals surface area contributed by atoms with Crippen LogP contribution in [0.5, 0.6) is 5.75 Å². The molecule has 0 bridgehead atoms. The first-order chi connectivity index (χ1) is 9.26. The van der Waals surface area contributed by atoms with E-state index in [9.17, 15) is 13.2 Å². The molecule has 1 aromatic heterocycles. The molecule has 0 saturated heterocycles. The second-order valence-electron chi connectivity index (χ2n) is 3.93. The van der Waals surface area contributed by atoms with Gasteiger partial charge in [0.25, 0.3) is 0 Å². The highest BCUT2D eigenvalue weighted by Gasteiger charge is 2.31. The smallest absolute Gasteiger partial charge is 0.406 e. The molecule has 0 aliphatic carbocycles. The van der Waals surface area contributed by atoms with Gasteiger partial charge < -0.3 is 10.5 Å². The van der Waals surface area contributed by atoms with Gasteiger partial charge in [0.05, 0.1) is 5.52 Å². The Hall–Kier alpha value is -2.31. The first-order valence-electron chi connectivity index (χ1n) is 5.56. The molecule has 0 saturated carbocycles. The van der Waals surface area contributed by atoms with Crippen molar-refractivity contribution in [3.63, 3.8) is 0 Å². The van der Waals surface area contributed by atoms with E-state index < -0.39 is 6.36 Å². The van der Waals surface area contributed by atoms with E-state index in [2.05, 4.69) is 15.5 Å². The summed E-state index contributed by atoms with van der Waals surface area (Å²) >= 11 is 0. The maximum atomic E-state index is 12.0. The highest BCUT2D eigenvalue weighted by Crippen LogP contribution is 2.26. The fourth-order valence-corrected chi connectivity index (χ4v) is 1.55. The number of benzene rings is 1. The van der Waals surface area contributed by atoms with Crippen LogP contribution >= 0.6 is 0 Å². The number of rotatable bonds is 1. The van der Waals surface area contributed by atoms with E-state index in [0.717, 1.165) is 11.3 Å². The molecule has 4 nitrogen and oxygen atoms in total. The number of hydrogen-bond donors (Lipinski definition) is 1. The van der Waals surface area contributed by atoms with Crippen LogP contribution in [0.3, 0.4) is 0 Å². The Balaban J connectivity index is 0.000000612. The minimum absolute atomic E-state index is 0.227. The molecule has 108 valence electrons. The number of fused-ring (bicyclic) bond motifs is 1. The van der Waals surface area contributed by atoms with Gasteiger partial charge in [-0.3, -0.25) is 9.78 Å². The molecule has 20 heavy (non-hydrogen) atoms. The molecule has 2 aromatic rings. The fourth-order valence-electron chi connectivity index (χ4n) is 1.55. The number of carbonyl (C=O) groups excluding carboxylic acids is 1. The SMILES string of the molecule is Cc1cc2cc(OC(F)(F)F)ccc2nc1C.NC=O. The van der Waals surface area contributed by atoms with Gasteiger partial charge in [0, 0.05) is 11.1 Å². The number of amides is 1. The van der Waals surface area contributed by atoms with Gasteiger partial charge in [-0.2, -0.15) is 0 Å². The van der Waals surface area contributed by atoms with Crippen molar-refractivity contribution in [2.75, 3.05) is 0 Å². The van der Waals surface area contributed by atoms with Crippen LogP contribution in [-0.4, -0.2) is 17.8 Å². The van der Waals surface area contributed by atoms with E-state index in [1.165, 1.54) is 18.2 Å². The molecule has 0 atom stereocenters. The average Bonchev–Trinajstić information content (AvgIpc) is 2.30. The predicted octanol–water partition coefficient (Wildman–Crippen LogP) is 2.85. The Morgan fingerprint density at radius 3 is 2.40 bits per heavy atom. The number of hydrogen-bond acceptors (Lipinski definition) is 3. The van der Waals surface area contributed by atoms with Crippen LogP contribution in [0.2, 0.25) is 0 Å². The number of nitrogens with zero attached hydrogens (tertiary/aromatic N) is 1. The van der Waals surface area contributed by atoms with E-state index in [1.807, 2.05) is 13.8 Å². The molecule has 0 aliphatic heterocycles. The predicted molar refractivity (Wildman–Crippen MR) is 68.2 cm³/mol. The lowest BCUT2D eigenvalue weighted by molar-refractivity contribution is -0.274. The van der Waals surface area contributed by atoms with E-state index in [0.29, 0.717) is 10.9 Å². The highest BCUT2D eigenvalue weighted by atomic mass is 19.4. The lowest BCUT2D eigenvalue weighted by Crippen LogP contribution is -2.17. The van der Waals surface area contributed by atoms with Crippen molar-refractivity contribution < 1.29 is 22.7 Å². The van der Waals surface area contributed by atoms with Crippen LogP contribution in [0.15, 0.2) is 24.3 Å². The summed E-state index contributed by atoms with van der Waals surface area (Å²) in [6.07, 6.45) is -4.42. The average molecular weight is 286 g/mol. The monoisotopic (exact) mass is 286 g/mol. The third-order valence-electron chi connectivity index (χ3n) is 2.46. The van der Waals surface area contributed by atoms with Gasteiger partial charge in [0.2, 0.25) is 6.41 Å². The number of primary amides is 1. The molecular weight excluding hydrogens is 273 g/mol. The summed E-state index contributed by atoms with van der Waals surface area (Å²) in [6.45, 7) is 3.72. The number of aryl methyl sites for hydroxylation is 2. The Morgan fingerprint density at radius 1 is 1.25 bits per heavy atom. The lowest BCUT2D eigenvalue weighted by atomic mass is 10.1. The summed E-state index contributed by atoms with van der Waals surface area (Å²) in [6, 6.07) is 5.91. The van der Waals surface area contributed by atoms with E-state index in [4.69, 9.17) is 4.79 Å². The molecule has 1 aromatic carbocycles. The highest BCUT2D eigenvalue weighted by molar-refractivity contribution is 5.81. The first kappa shape index (κ1) is 15.7. The number of ether oxygens (including phenoxy) is 1. The number of pyridine rings is 1. The molecule has 0 radical (unpaired) electrons. The molecule has 7 heteroatoms. The van der Waals surface area contributed by atoms with Crippen molar-refractivity contribution in [2.24, 2.45) is 5.73 Å². The van der Waals surface area contributed by atoms with Crippen molar-refractivity contribution >= 4 is 17.3 Å². The molecule has 1 amide bonds. The molecule has 0 spiro atoms.